The Morgan fingerprint density at radius 2 is 0.770 bits per heavy atom. The Balaban J connectivity index is 0.967. The number of para-hydroxylation sites is 3. The molecule has 0 aliphatic heterocycles. The monoisotopic (exact) mass is 781 g/mol. The van der Waals surface area contributed by atoms with Crippen LogP contribution in [0.15, 0.2) is 201 Å². The van der Waals surface area contributed by atoms with Crippen molar-refractivity contribution < 1.29 is 13.3 Å². The van der Waals surface area contributed by atoms with Gasteiger partial charge in [0.2, 0.25) is 0 Å². The number of benzene rings is 9. The van der Waals surface area contributed by atoms with Crippen molar-refractivity contribution in [3.05, 3.63) is 188 Å². The largest absolute Gasteiger partial charge is 0.456 e. The standard InChI is InChI=1S/C55H31N3O3/c1-2-13-32(14-3-1)53-56-54(58-55(57-53)44-22-10-21-40-37-17-6-8-23-45(37)61-52(40)44)41-30-29-34(35-15-4-5-16-36(35)41)33-27-28-43-49(31-33)60-48-26-12-20-39(51(43)48)38-19-11-25-47-50(38)42-18-7-9-24-46(42)59-47/h1-31H. The Morgan fingerprint density at radius 3 is 1.52 bits per heavy atom. The van der Waals surface area contributed by atoms with Crippen LogP contribution in [0.3, 0.4) is 0 Å². The zero-order valence-corrected chi connectivity index (χ0v) is 32.5. The van der Waals surface area contributed by atoms with Gasteiger partial charge in [0, 0.05) is 43.4 Å². The van der Waals surface area contributed by atoms with Crippen LogP contribution in [0.5, 0.6) is 0 Å². The predicted octanol–water partition coefficient (Wildman–Crippen LogP) is 15.1. The molecular weight excluding hydrogens is 751 g/mol. The van der Waals surface area contributed by atoms with E-state index in [1.54, 1.807) is 0 Å². The maximum absolute atomic E-state index is 6.66. The van der Waals surface area contributed by atoms with Crippen LogP contribution >= 0.6 is 0 Å². The summed E-state index contributed by atoms with van der Waals surface area (Å²) < 4.78 is 19.4. The Kier molecular flexibility index (Phi) is 7.21. The maximum atomic E-state index is 6.66. The molecule has 0 amide bonds. The number of aromatic nitrogens is 3. The second-order valence-electron chi connectivity index (χ2n) is 15.4. The minimum absolute atomic E-state index is 0.550. The lowest BCUT2D eigenvalue weighted by Gasteiger charge is -2.13. The molecule has 61 heavy (non-hydrogen) atoms. The fraction of sp³-hybridized carbons (Fsp3) is 0. The molecule has 0 aliphatic carbocycles. The summed E-state index contributed by atoms with van der Waals surface area (Å²) in [6.07, 6.45) is 0. The van der Waals surface area contributed by atoms with Crippen LogP contribution in [0, 0.1) is 0 Å². The highest BCUT2D eigenvalue weighted by Crippen LogP contribution is 2.44. The smallest absolute Gasteiger partial charge is 0.167 e. The summed E-state index contributed by atoms with van der Waals surface area (Å²) in [6, 6.07) is 64.5. The first-order chi connectivity index (χ1) is 30.2. The Hall–Kier alpha value is -8.35. The zero-order valence-electron chi connectivity index (χ0n) is 32.5. The van der Waals surface area contributed by atoms with E-state index in [1.165, 1.54) is 0 Å². The minimum Gasteiger partial charge on any atom is -0.456 e. The topological polar surface area (TPSA) is 78.1 Å². The summed E-state index contributed by atoms with van der Waals surface area (Å²) in [5.41, 5.74) is 12.0. The molecule has 0 saturated heterocycles. The van der Waals surface area contributed by atoms with Gasteiger partial charge in [0.1, 0.15) is 33.5 Å². The van der Waals surface area contributed by atoms with E-state index in [0.29, 0.717) is 17.5 Å². The van der Waals surface area contributed by atoms with Gasteiger partial charge in [-0.1, -0.05) is 140 Å². The molecule has 284 valence electrons. The van der Waals surface area contributed by atoms with Crippen LogP contribution < -0.4 is 0 Å². The van der Waals surface area contributed by atoms with Crippen LogP contribution in [0.1, 0.15) is 0 Å². The van der Waals surface area contributed by atoms with E-state index in [1.807, 2.05) is 78.9 Å². The summed E-state index contributed by atoms with van der Waals surface area (Å²) in [5.74, 6) is 1.72. The molecule has 0 radical (unpaired) electrons. The van der Waals surface area contributed by atoms with Crippen molar-refractivity contribution in [3.8, 4) is 56.4 Å². The van der Waals surface area contributed by atoms with E-state index in [4.69, 9.17) is 28.2 Å². The van der Waals surface area contributed by atoms with Gasteiger partial charge in [-0.15, -0.1) is 0 Å². The highest BCUT2D eigenvalue weighted by Gasteiger charge is 2.21. The van der Waals surface area contributed by atoms with Gasteiger partial charge >= 0.3 is 0 Å². The molecule has 0 spiro atoms. The molecule has 0 N–H and O–H groups in total. The van der Waals surface area contributed by atoms with Gasteiger partial charge in [0.25, 0.3) is 0 Å². The first kappa shape index (κ1) is 33.6. The second kappa shape index (κ2) is 13.1. The van der Waals surface area contributed by atoms with E-state index in [9.17, 15) is 0 Å². The average Bonchev–Trinajstić information content (AvgIpc) is 4.02. The van der Waals surface area contributed by atoms with Gasteiger partial charge in [0.05, 0.1) is 5.56 Å². The highest BCUT2D eigenvalue weighted by molar-refractivity contribution is 6.20. The van der Waals surface area contributed by atoms with Gasteiger partial charge in [-0.05, 0) is 81.6 Å². The van der Waals surface area contributed by atoms with Gasteiger partial charge < -0.3 is 13.3 Å². The molecule has 0 bridgehead atoms. The third-order valence-electron chi connectivity index (χ3n) is 12.0. The first-order valence-electron chi connectivity index (χ1n) is 20.3. The molecule has 13 aromatic rings. The third-order valence-corrected chi connectivity index (χ3v) is 12.0. The van der Waals surface area contributed by atoms with E-state index < -0.39 is 0 Å². The molecule has 0 aliphatic rings. The van der Waals surface area contributed by atoms with Gasteiger partial charge in [-0.2, -0.15) is 0 Å². The number of furan rings is 3. The lowest BCUT2D eigenvalue weighted by molar-refractivity contribution is 0.668. The van der Waals surface area contributed by atoms with Crippen molar-refractivity contribution in [2.24, 2.45) is 0 Å². The van der Waals surface area contributed by atoms with E-state index in [-0.39, 0.29) is 0 Å². The molecule has 0 saturated carbocycles. The molecule has 13 rings (SSSR count). The van der Waals surface area contributed by atoms with Crippen molar-refractivity contribution in [3.63, 3.8) is 0 Å². The fourth-order valence-corrected chi connectivity index (χ4v) is 9.22. The quantitative estimate of drug-likeness (QED) is 0.173. The van der Waals surface area contributed by atoms with E-state index in [2.05, 4.69) is 109 Å². The zero-order chi connectivity index (χ0) is 40.0. The van der Waals surface area contributed by atoms with Crippen molar-refractivity contribution in [1.82, 2.24) is 15.0 Å². The number of fused-ring (bicyclic) bond motifs is 10. The highest BCUT2D eigenvalue weighted by atomic mass is 16.3. The molecule has 4 heterocycles. The number of hydrogen-bond donors (Lipinski definition) is 0. The average molecular weight is 782 g/mol. The molecular formula is C55H31N3O3. The predicted molar refractivity (Wildman–Crippen MR) is 246 cm³/mol. The van der Waals surface area contributed by atoms with Crippen LogP contribution in [0.2, 0.25) is 0 Å². The number of rotatable bonds is 5. The van der Waals surface area contributed by atoms with E-state index >= 15 is 0 Å². The molecule has 9 aromatic carbocycles. The Morgan fingerprint density at radius 1 is 0.262 bits per heavy atom. The summed E-state index contributed by atoms with van der Waals surface area (Å²) in [5, 5.41) is 8.54. The molecule has 6 heteroatoms. The SMILES string of the molecule is c1ccc(-c2nc(-c3ccc(-c4ccc5c(c4)oc4cccc(-c6cccc7oc8ccccc8c67)c45)c4ccccc34)nc(-c3cccc4c3oc3ccccc34)n2)cc1. The third kappa shape index (κ3) is 5.19. The Bertz CT molecular complexity index is 3900. The molecule has 0 fully saturated rings. The van der Waals surface area contributed by atoms with Gasteiger partial charge in [0.15, 0.2) is 17.5 Å². The number of nitrogens with zero attached hydrogens (tertiary/aromatic N) is 3. The maximum Gasteiger partial charge on any atom is 0.167 e. The van der Waals surface area contributed by atoms with Crippen LogP contribution in [0.25, 0.3) is 133 Å². The Labute approximate surface area is 348 Å². The summed E-state index contributed by atoms with van der Waals surface area (Å²) in [7, 11) is 0. The lowest BCUT2D eigenvalue weighted by Crippen LogP contribution is -2.01. The molecule has 4 aromatic heterocycles. The van der Waals surface area contributed by atoms with Crippen molar-refractivity contribution >= 4 is 76.6 Å². The van der Waals surface area contributed by atoms with Crippen molar-refractivity contribution in [1.29, 1.82) is 0 Å². The van der Waals surface area contributed by atoms with Crippen molar-refractivity contribution in [2.75, 3.05) is 0 Å². The van der Waals surface area contributed by atoms with Gasteiger partial charge in [-0.3, -0.25) is 0 Å². The molecule has 0 unspecified atom stereocenters. The van der Waals surface area contributed by atoms with Crippen LogP contribution in [-0.2, 0) is 0 Å². The fourth-order valence-electron chi connectivity index (χ4n) is 9.22. The summed E-state index contributed by atoms with van der Waals surface area (Å²) in [6.45, 7) is 0. The first-order valence-corrected chi connectivity index (χ1v) is 20.3. The van der Waals surface area contributed by atoms with Crippen LogP contribution in [-0.4, -0.2) is 15.0 Å². The minimum atomic E-state index is 0.550. The van der Waals surface area contributed by atoms with Crippen LogP contribution in [0.4, 0.5) is 0 Å². The van der Waals surface area contributed by atoms with Gasteiger partial charge in [-0.25, -0.2) is 15.0 Å². The second-order valence-corrected chi connectivity index (χ2v) is 15.4. The normalized spacial score (nSPS) is 11.9. The number of hydrogen-bond acceptors (Lipinski definition) is 6. The lowest BCUT2D eigenvalue weighted by atomic mass is 9.93. The summed E-state index contributed by atoms with van der Waals surface area (Å²) >= 11 is 0. The summed E-state index contributed by atoms with van der Waals surface area (Å²) in [4.78, 5) is 15.4. The van der Waals surface area contributed by atoms with E-state index in [0.717, 1.165) is 116 Å². The van der Waals surface area contributed by atoms with Crippen molar-refractivity contribution in [2.45, 2.75) is 0 Å². The molecule has 6 nitrogen and oxygen atoms in total. The molecule has 0 atom stereocenters.